The van der Waals surface area contributed by atoms with Crippen LogP contribution in [0.3, 0.4) is 0 Å². The van der Waals surface area contributed by atoms with Crippen molar-refractivity contribution in [1.29, 1.82) is 0 Å². The maximum atomic E-state index is 11.8. The van der Waals surface area contributed by atoms with Gasteiger partial charge in [-0.05, 0) is 11.5 Å². The molecule has 4 aromatic heterocycles. The zero-order valence-electron chi connectivity index (χ0n) is 18.3. The Hall–Kier alpha value is -3.76. The summed E-state index contributed by atoms with van der Waals surface area (Å²) in [5, 5.41) is 14.0. The minimum absolute atomic E-state index is 0.302. The summed E-state index contributed by atoms with van der Waals surface area (Å²) in [6, 6.07) is 1.50. The highest BCUT2D eigenvalue weighted by atomic mass is 16.5. The van der Waals surface area contributed by atoms with E-state index in [1.807, 2.05) is 44.6 Å². The van der Waals surface area contributed by atoms with Gasteiger partial charge in [-0.15, -0.1) is 0 Å². The molecule has 11 heteroatoms. The number of hydrogen-bond acceptors (Lipinski definition) is 7. The van der Waals surface area contributed by atoms with E-state index < -0.39 is 6.09 Å². The van der Waals surface area contributed by atoms with Crippen LogP contribution in [0.4, 0.5) is 4.79 Å². The number of nitrogens with zero attached hydrogens (tertiary/aromatic N) is 8. The molecule has 5 rings (SSSR count). The molecule has 2 atom stereocenters. The Morgan fingerprint density at radius 3 is 2.78 bits per heavy atom. The number of ether oxygens (including phenoxy) is 1. The number of likely N-dealkylation sites (tertiary alicyclic amines) is 1. The Kier molecular flexibility index (Phi) is 4.50. The molecular weight excluding hydrogens is 412 g/mol. The molecule has 0 saturated carbocycles. The number of rotatable bonds is 3. The van der Waals surface area contributed by atoms with Crippen LogP contribution in [0.25, 0.3) is 28.2 Å². The highest BCUT2D eigenvalue weighted by Crippen LogP contribution is 2.36. The highest BCUT2D eigenvalue weighted by molar-refractivity contribution is 5.84. The van der Waals surface area contributed by atoms with Crippen LogP contribution in [0.1, 0.15) is 27.2 Å². The molecule has 32 heavy (non-hydrogen) atoms. The molecule has 0 aromatic carbocycles. The number of aryl methyl sites for hydroxylation is 1. The van der Waals surface area contributed by atoms with Gasteiger partial charge in [0.15, 0.2) is 16.8 Å². The van der Waals surface area contributed by atoms with Crippen molar-refractivity contribution in [2.24, 2.45) is 12.5 Å². The Balaban J connectivity index is 1.56. The van der Waals surface area contributed by atoms with Crippen LogP contribution in [0.15, 0.2) is 31.0 Å². The second-order valence-corrected chi connectivity index (χ2v) is 9.02. The van der Waals surface area contributed by atoms with Crippen LogP contribution < -0.4 is 4.74 Å². The fourth-order valence-electron chi connectivity index (χ4n) is 4.56. The fraction of sp³-hybridized carbons (Fsp3) is 0.429. The number of amides is 1. The van der Waals surface area contributed by atoms with Crippen LogP contribution in [0.5, 0.6) is 5.88 Å². The molecule has 0 spiro atoms. The average molecular weight is 436 g/mol. The van der Waals surface area contributed by atoms with Crippen molar-refractivity contribution < 1.29 is 14.6 Å². The molecule has 1 N–H and O–H groups in total. The number of aromatic nitrogens is 7. The first kappa shape index (κ1) is 20.2. The topological polar surface area (TPSA) is 124 Å². The van der Waals surface area contributed by atoms with Crippen LogP contribution in [-0.4, -0.2) is 68.9 Å². The van der Waals surface area contributed by atoms with Crippen LogP contribution in [-0.2, 0) is 7.05 Å². The minimum Gasteiger partial charge on any atom is -0.470 e. The fourth-order valence-corrected chi connectivity index (χ4v) is 4.56. The zero-order valence-corrected chi connectivity index (χ0v) is 18.3. The first-order chi connectivity index (χ1) is 15.3. The van der Waals surface area contributed by atoms with E-state index in [0.717, 1.165) is 5.56 Å². The van der Waals surface area contributed by atoms with E-state index in [4.69, 9.17) is 9.72 Å². The molecule has 2 unspecified atom stereocenters. The summed E-state index contributed by atoms with van der Waals surface area (Å²) >= 11 is 0. The average Bonchev–Trinajstić information content (AvgIpc) is 3.44. The maximum absolute atomic E-state index is 11.8. The van der Waals surface area contributed by atoms with Crippen molar-refractivity contribution >= 4 is 22.9 Å². The quantitative estimate of drug-likeness (QED) is 0.520. The summed E-state index contributed by atoms with van der Waals surface area (Å²) in [4.78, 5) is 31.2. The molecule has 1 aliphatic rings. The number of fused-ring (bicyclic) bond motifs is 2. The predicted molar refractivity (Wildman–Crippen MR) is 115 cm³/mol. The third kappa shape index (κ3) is 3.12. The highest BCUT2D eigenvalue weighted by Gasteiger charge is 2.45. The third-order valence-corrected chi connectivity index (χ3v) is 5.88. The molecule has 1 saturated heterocycles. The smallest absolute Gasteiger partial charge is 0.407 e. The summed E-state index contributed by atoms with van der Waals surface area (Å²) in [5.74, 6) is 0.984. The van der Waals surface area contributed by atoms with Crippen LogP contribution in [0, 0.1) is 5.41 Å². The lowest BCUT2D eigenvalue weighted by atomic mass is 9.84. The Bertz CT molecular complexity index is 1320. The van der Waals surface area contributed by atoms with E-state index in [1.165, 1.54) is 11.2 Å². The number of imidazole rings is 1. The molecule has 0 aliphatic carbocycles. The molecule has 0 bridgehead atoms. The second-order valence-electron chi connectivity index (χ2n) is 9.02. The molecule has 166 valence electrons. The van der Waals surface area contributed by atoms with Crippen molar-refractivity contribution in [1.82, 2.24) is 39.0 Å². The molecule has 11 nitrogen and oxygen atoms in total. The maximum Gasteiger partial charge on any atom is 0.407 e. The number of carbonyl (C=O) groups is 1. The lowest BCUT2D eigenvalue weighted by Crippen LogP contribution is -2.48. The third-order valence-electron chi connectivity index (χ3n) is 5.88. The molecule has 4 aromatic rings. The van der Waals surface area contributed by atoms with Gasteiger partial charge in [-0.2, -0.15) is 10.1 Å². The lowest BCUT2D eigenvalue weighted by molar-refractivity contribution is 0.0558. The van der Waals surface area contributed by atoms with E-state index in [1.54, 1.807) is 16.9 Å². The summed E-state index contributed by atoms with van der Waals surface area (Å²) in [6.45, 7) is 6.46. The first-order valence-corrected chi connectivity index (χ1v) is 10.4. The van der Waals surface area contributed by atoms with Crippen LogP contribution >= 0.6 is 0 Å². The molecule has 1 amide bonds. The molecule has 5 heterocycles. The Labute approximate surface area is 183 Å². The largest absolute Gasteiger partial charge is 0.470 e. The first-order valence-electron chi connectivity index (χ1n) is 10.4. The van der Waals surface area contributed by atoms with E-state index in [0.29, 0.717) is 41.5 Å². The van der Waals surface area contributed by atoms with Gasteiger partial charge in [0.2, 0.25) is 5.88 Å². The summed E-state index contributed by atoms with van der Waals surface area (Å²) in [6.07, 6.45) is 5.99. The van der Waals surface area contributed by atoms with Crippen LogP contribution in [0.2, 0.25) is 0 Å². The van der Waals surface area contributed by atoms with Gasteiger partial charge in [0.05, 0.1) is 17.8 Å². The van der Waals surface area contributed by atoms with E-state index in [-0.39, 0.29) is 17.6 Å². The number of hydrogen-bond donors (Lipinski definition) is 1. The number of carboxylic acid groups (broad SMARTS) is 1. The Morgan fingerprint density at radius 1 is 1.22 bits per heavy atom. The Morgan fingerprint density at radius 2 is 2.03 bits per heavy atom. The van der Waals surface area contributed by atoms with Crippen molar-refractivity contribution in [2.75, 3.05) is 6.54 Å². The van der Waals surface area contributed by atoms with E-state index >= 15 is 0 Å². The van der Waals surface area contributed by atoms with Crippen molar-refractivity contribution in [3.05, 3.63) is 31.0 Å². The summed E-state index contributed by atoms with van der Waals surface area (Å²) in [5.41, 5.74) is 2.27. The van der Waals surface area contributed by atoms with Gasteiger partial charge in [-0.1, -0.05) is 20.8 Å². The van der Waals surface area contributed by atoms with Gasteiger partial charge in [0, 0.05) is 32.4 Å². The van der Waals surface area contributed by atoms with Crippen molar-refractivity contribution in [3.63, 3.8) is 0 Å². The van der Waals surface area contributed by atoms with E-state index in [9.17, 15) is 9.90 Å². The van der Waals surface area contributed by atoms with Gasteiger partial charge in [-0.25, -0.2) is 24.3 Å². The minimum atomic E-state index is -0.940. The zero-order chi connectivity index (χ0) is 22.6. The monoisotopic (exact) mass is 436 g/mol. The predicted octanol–water partition coefficient (Wildman–Crippen LogP) is 2.62. The van der Waals surface area contributed by atoms with Crippen molar-refractivity contribution in [3.8, 4) is 17.3 Å². The molecule has 1 fully saturated rings. The van der Waals surface area contributed by atoms with Crippen molar-refractivity contribution in [2.45, 2.75) is 39.3 Å². The summed E-state index contributed by atoms with van der Waals surface area (Å²) < 4.78 is 9.85. The molecular formula is C21H24N8O3. The lowest BCUT2D eigenvalue weighted by Gasteiger charge is -2.36. The second kappa shape index (κ2) is 7.14. The summed E-state index contributed by atoms with van der Waals surface area (Å²) in [7, 11) is 1.87. The van der Waals surface area contributed by atoms with Gasteiger partial charge in [0.25, 0.3) is 0 Å². The normalized spacial score (nSPS) is 19.2. The van der Waals surface area contributed by atoms with Gasteiger partial charge in [-0.3, -0.25) is 0 Å². The standard InChI is InChI=1S/C21H24N8O3/c1-21(2,3)15-13(6-9-28(15)20(30)31)32-19-14-18(23-11-24-19)27(4)17(26-14)12-10-25-29-8-5-7-22-16(12)29/h5,7-8,10-11,13,15H,6,9H2,1-4H3,(H,30,31). The van der Waals surface area contributed by atoms with Gasteiger partial charge in [0.1, 0.15) is 18.3 Å². The SMILES string of the molecule is Cn1c(-c2cnn3cccnc23)nc2c(OC3CCN(C(=O)O)C3C(C)(C)C)ncnc21. The van der Waals surface area contributed by atoms with Gasteiger partial charge >= 0.3 is 6.09 Å². The van der Waals surface area contributed by atoms with E-state index in [2.05, 4.69) is 20.1 Å². The molecule has 1 aliphatic heterocycles. The molecule has 0 radical (unpaired) electrons. The van der Waals surface area contributed by atoms with Gasteiger partial charge < -0.3 is 19.3 Å².